The van der Waals surface area contributed by atoms with E-state index in [1.807, 2.05) is 25.1 Å². The second-order valence-electron chi connectivity index (χ2n) is 4.65. The zero-order valence-corrected chi connectivity index (χ0v) is 13.4. The maximum absolute atomic E-state index is 10.9. The van der Waals surface area contributed by atoms with Gasteiger partial charge in [0.2, 0.25) is 0 Å². The number of anilines is 1. The minimum atomic E-state index is -0.929. The monoisotopic (exact) mass is 349 g/mol. The van der Waals surface area contributed by atoms with Gasteiger partial charge in [-0.25, -0.2) is 4.79 Å². The largest absolute Gasteiger partial charge is 0.497 e. The van der Waals surface area contributed by atoms with E-state index in [0.717, 1.165) is 27.0 Å². The maximum Gasteiger partial charge on any atom is 0.335 e. The molecule has 0 atom stereocenters. The third kappa shape index (κ3) is 3.76. The van der Waals surface area contributed by atoms with E-state index in [-0.39, 0.29) is 5.56 Å². The van der Waals surface area contributed by atoms with Crippen molar-refractivity contribution in [2.75, 3.05) is 12.4 Å². The van der Waals surface area contributed by atoms with Gasteiger partial charge in [0, 0.05) is 16.7 Å². The number of hydrogen-bond donors (Lipinski definition) is 2. The van der Waals surface area contributed by atoms with E-state index in [0.29, 0.717) is 6.54 Å². The van der Waals surface area contributed by atoms with Gasteiger partial charge in [-0.05, 0) is 48.4 Å². The van der Waals surface area contributed by atoms with Crippen LogP contribution in [0.2, 0.25) is 0 Å². The lowest BCUT2D eigenvalue weighted by Crippen LogP contribution is -2.03. The van der Waals surface area contributed by atoms with Crippen molar-refractivity contribution in [1.82, 2.24) is 0 Å². The SMILES string of the molecule is COc1ccc(NCc2ccc(C(=O)O)cc2Br)c(C)c1. The lowest BCUT2D eigenvalue weighted by Gasteiger charge is -2.12. The van der Waals surface area contributed by atoms with Crippen LogP contribution in [0.4, 0.5) is 5.69 Å². The van der Waals surface area contributed by atoms with Gasteiger partial charge in [0.15, 0.2) is 0 Å². The topological polar surface area (TPSA) is 58.6 Å². The first-order valence-corrected chi connectivity index (χ1v) is 7.21. The van der Waals surface area contributed by atoms with Gasteiger partial charge in [-0.3, -0.25) is 0 Å². The quantitative estimate of drug-likeness (QED) is 0.853. The molecule has 0 aliphatic rings. The Morgan fingerprint density at radius 1 is 1.29 bits per heavy atom. The molecule has 5 heteroatoms. The number of carboxylic acids is 1. The molecular formula is C16H16BrNO3. The average Bonchev–Trinajstić information content (AvgIpc) is 2.46. The van der Waals surface area contributed by atoms with E-state index in [4.69, 9.17) is 9.84 Å². The zero-order valence-electron chi connectivity index (χ0n) is 11.8. The molecule has 0 fully saturated rings. The number of aryl methyl sites for hydroxylation is 1. The Kier molecular flexibility index (Phi) is 4.85. The van der Waals surface area contributed by atoms with Crippen molar-refractivity contribution in [2.24, 2.45) is 0 Å². The van der Waals surface area contributed by atoms with Crippen LogP contribution in [0.25, 0.3) is 0 Å². The molecule has 4 nitrogen and oxygen atoms in total. The molecule has 2 aromatic rings. The predicted octanol–water partition coefficient (Wildman–Crippen LogP) is 4.08. The standard InChI is InChI=1S/C16H16BrNO3/c1-10-7-13(21-2)5-6-15(10)18-9-12-4-3-11(16(19)20)8-14(12)17/h3-8,18H,9H2,1-2H3,(H,19,20). The van der Waals surface area contributed by atoms with E-state index in [9.17, 15) is 4.79 Å². The summed E-state index contributed by atoms with van der Waals surface area (Å²) in [5, 5.41) is 12.3. The molecular weight excluding hydrogens is 334 g/mol. The molecule has 0 bridgehead atoms. The molecule has 0 aromatic heterocycles. The number of carboxylic acid groups (broad SMARTS) is 1. The molecule has 0 spiro atoms. The molecule has 0 saturated heterocycles. The summed E-state index contributed by atoms with van der Waals surface area (Å²) in [7, 11) is 1.64. The van der Waals surface area contributed by atoms with Gasteiger partial charge in [-0.2, -0.15) is 0 Å². The molecule has 0 radical (unpaired) electrons. The van der Waals surface area contributed by atoms with Crippen molar-refractivity contribution in [1.29, 1.82) is 0 Å². The number of rotatable bonds is 5. The van der Waals surface area contributed by atoms with Crippen LogP contribution in [0.3, 0.4) is 0 Å². The van der Waals surface area contributed by atoms with Crippen LogP contribution in [-0.2, 0) is 6.54 Å². The molecule has 21 heavy (non-hydrogen) atoms. The Bertz CT molecular complexity index is 671. The highest BCUT2D eigenvalue weighted by molar-refractivity contribution is 9.10. The van der Waals surface area contributed by atoms with Crippen LogP contribution < -0.4 is 10.1 Å². The molecule has 0 saturated carbocycles. The van der Waals surface area contributed by atoms with Crippen LogP contribution >= 0.6 is 15.9 Å². The minimum Gasteiger partial charge on any atom is -0.497 e. The van der Waals surface area contributed by atoms with E-state index in [2.05, 4.69) is 21.2 Å². The Labute approximate surface area is 131 Å². The lowest BCUT2D eigenvalue weighted by molar-refractivity contribution is 0.0697. The van der Waals surface area contributed by atoms with E-state index in [1.54, 1.807) is 25.3 Å². The molecule has 0 aliphatic carbocycles. The number of hydrogen-bond acceptors (Lipinski definition) is 3. The van der Waals surface area contributed by atoms with Crippen LogP contribution in [0, 0.1) is 6.92 Å². The molecule has 0 aliphatic heterocycles. The van der Waals surface area contributed by atoms with Gasteiger partial charge in [-0.15, -0.1) is 0 Å². The van der Waals surface area contributed by atoms with Gasteiger partial charge >= 0.3 is 5.97 Å². The van der Waals surface area contributed by atoms with Crippen molar-refractivity contribution in [3.05, 3.63) is 57.6 Å². The van der Waals surface area contributed by atoms with Gasteiger partial charge in [0.25, 0.3) is 0 Å². The molecule has 2 rings (SSSR count). The van der Waals surface area contributed by atoms with Gasteiger partial charge in [0.05, 0.1) is 12.7 Å². The van der Waals surface area contributed by atoms with E-state index < -0.39 is 5.97 Å². The van der Waals surface area contributed by atoms with Crippen LogP contribution in [0.1, 0.15) is 21.5 Å². The molecule has 0 heterocycles. The fourth-order valence-electron chi connectivity index (χ4n) is 1.98. The summed E-state index contributed by atoms with van der Waals surface area (Å²) in [5.74, 6) is -0.105. The summed E-state index contributed by atoms with van der Waals surface area (Å²) < 4.78 is 5.96. The van der Waals surface area contributed by atoms with Crippen molar-refractivity contribution >= 4 is 27.6 Å². The third-order valence-electron chi connectivity index (χ3n) is 3.20. The minimum absolute atomic E-state index is 0.270. The van der Waals surface area contributed by atoms with Crippen LogP contribution in [0.15, 0.2) is 40.9 Å². The van der Waals surface area contributed by atoms with E-state index >= 15 is 0 Å². The van der Waals surface area contributed by atoms with Crippen molar-refractivity contribution < 1.29 is 14.6 Å². The third-order valence-corrected chi connectivity index (χ3v) is 3.94. The molecule has 0 amide bonds. The molecule has 0 unspecified atom stereocenters. The summed E-state index contributed by atoms with van der Waals surface area (Å²) in [6.45, 7) is 2.61. The number of ether oxygens (including phenoxy) is 1. The van der Waals surface area contributed by atoms with Crippen LogP contribution in [-0.4, -0.2) is 18.2 Å². The van der Waals surface area contributed by atoms with Gasteiger partial charge < -0.3 is 15.2 Å². The highest BCUT2D eigenvalue weighted by Gasteiger charge is 2.07. The van der Waals surface area contributed by atoms with Crippen molar-refractivity contribution in [2.45, 2.75) is 13.5 Å². The first kappa shape index (κ1) is 15.4. The first-order chi connectivity index (χ1) is 10.0. The number of aromatic carboxylic acids is 1. The Morgan fingerprint density at radius 2 is 2.05 bits per heavy atom. The van der Waals surface area contributed by atoms with Gasteiger partial charge in [0.1, 0.15) is 5.75 Å². The van der Waals surface area contributed by atoms with E-state index in [1.165, 1.54) is 0 Å². The average molecular weight is 350 g/mol. The fourth-order valence-corrected chi connectivity index (χ4v) is 2.49. The zero-order chi connectivity index (χ0) is 15.4. The fraction of sp³-hybridized carbons (Fsp3) is 0.188. The second kappa shape index (κ2) is 6.63. The Balaban J connectivity index is 2.11. The highest BCUT2D eigenvalue weighted by atomic mass is 79.9. The number of benzene rings is 2. The summed E-state index contributed by atoms with van der Waals surface area (Å²) in [6.07, 6.45) is 0. The van der Waals surface area contributed by atoms with Crippen molar-refractivity contribution in [3.63, 3.8) is 0 Å². The smallest absolute Gasteiger partial charge is 0.335 e. The number of methoxy groups -OCH3 is 1. The number of halogens is 1. The molecule has 2 N–H and O–H groups in total. The molecule has 2 aromatic carbocycles. The van der Waals surface area contributed by atoms with Crippen LogP contribution in [0.5, 0.6) is 5.75 Å². The summed E-state index contributed by atoms with van der Waals surface area (Å²) in [4.78, 5) is 10.9. The second-order valence-corrected chi connectivity index (χ2v) is 5.50. The summed E-state index contributed by atoms with van der Waals surface area (Å²) in [5.41, 5.74) is 3.37. The summed E-state index contributed by atoms with van der Waals surface area (Å²) in [6, 6.07) is 10.8. The molecule has 110 valence electrons. The number of carbonyl (C=O) groups is 1. The van der Waals surface area contributed by atoms with Crippen molar-refractivity contribution in [3.8, 4) is 5.75 Å². The number of nitrogens with one attached hydrogen (secondary N) is 1. The highest BCUT2D eigenvalue weighted by Crippen LogP contribution is 2.24. The van der Waals surface area contributed by atoms with Gasteiger partial charge in [-0.1, -0.05) is 22.0 Å². The maximum atomic E-state index is 10.9. The normalized spacial score (nSPS) is 10.2. The first-order valence-electron chi connectivity index (χ1n) is 6.41. The predicted molar refractivity (Wildman–Crippen MR) is 86.2 cm³/mol. The lowest BCUT2D eigenvalue weighted by atomic mass is 10.1. The Morgan fingerprint density at radius 3 is 2.62 bits per heavy atom. The Hall–Kier alpha value is -2.01. The summed E-state index contributed by atoms with van der Waals surface area (Å²) >= 11 is 3.41.